The predicted molar refractivity (Wildman–Crippen MR) is 128 cm³/mol. The van der Waals surface area contributed by atoms with Crippen molar-refractivity contribution in [1.29, 1.82) is 0 Å². The molecule has 0 fully saturated rings. The fourth-order valence-electron chi connectivity index (χ4n) is 2.93. The lowest BCUT2D eigenvalue weighted by atomic mass is 10.1. The Morgan fingerprint density at radius 3 is 1.97 bits per heavy atom. The van der Waals surface area contributed by atoms with Crippen molar-refractivity contribution in [3.63, 3.8) is 0 Å². The van der Waals surface area contributed by atoms with Gasteiger partial charge in [-0.05, 0) is 31.7 Å². The van der Waals surface area contributed by atoms with Crippen LogP contribution in [0, 0.1) is 0 Å². The van der Waals surface area contributed by atoms with Crippen molar-refractivity contribution in [2.75, 3.05) is 32.9 Å². The highest BCUT2D eigenvalue weighted by Gasteiger charge is 2.18. The van der Waals surface area contributed by atoms with Gasteiger partial charge in [0.1, 0.15) is 0 Å². The van der Waals surface area contributed by atoms with E-state index in [1.807, 2.05) is 12.1 Å². The van der Waals surface area contributed by atoms with Crippen LogP contribution in [-0.4, -0.2) is 44.7 Å². The van der Waals surface area contributed by atoms with Gasteiger partial charge in [-0.2, -0.15) is 0 Å². The molecule has 7 heteroatoms. The van der Waals surface area contributed by atoms with Gasteiger partial charge in [-0.3, -0.25) is 9.59 Å². The highest BCUT2D eigenvalue weighted by atomic mass is 16.5. The van der Waals surface area contributed by atoms with Crippen LogP contribution in [0.5, 0.6) is 17.2 Å². The Kier molecular flexibility index (Phi) is 14.8. The smallest absolute Gasteiger partial charge is 0.221 e. The molecule has 0 aromatic heterocycles. The number of carbonyl (C=O) groups excluding carboxylic acids is 2. The fraction of sp³-hybridized carbons (Fsp3) is 0.680. The average molecular weight is 451 g/mol. The standard InChI is InChI=1S/C25H42N2O5/c1-5-8-17-30-22-12-11-21(13-15-27-23(29)14-16-26-20(4)28)24(31-18-9-6-2)25(22)32-19-10-7-3/h11-12H,5-10,13-19H2,1-4H3,(H,26,28)(H,27,29). The van der Waals surface area contributed by atoms with Crippen molar-refractivity contribution in [2.45, 2.75) is 79.1 Å². The zero-order chi connectivity index (χ0) is 23.6. The number of hydrogen-bond donors (Lipinski definition) is 2. The Bertz CT molecular complexity index is 679. The molecule has 1 rings (SSSR count). The largest absolute Gasteiger partial charge is 0.490 e. The van der Waals surface area contributed by atoms with Gasteiger partial charge < -0.3 is 24.8 Å². The summed E-state index contributed by atoms with van der Waals surface area (Å²) in [6, 6.07) is 3.94. The summed E-state index contributed by atoms with van der Waals surface area (Å²) in [5.41, 5.74) is 0.984. The molecule has 0 bridgehead atoms. The minimum Gasteiger partial charge on any atom is -0.490 e. The minimum atomic E-state index is -0.136. The maximum atomic E-state index is 12.0. The van der Waals surface area contributed by atoms with Crippen LogP contribution in [0.25, 0.3) is 0 Å². The first-order chi connectivity index (χ1) is 15.5. The molecule has 0 heterocycles. The molecule has 0 spiro atoms. The molecule has 0 aliphatic carbocycles. The van der Waals surface area contributed by atoms with Crippen LogP contribution in [0.15, 0.2) is 12.1 Å². The first-order valence-electron chi connectivity index (χ1n) is 12.1. The van der Waals surface area contributed by atoms with Gasteiger partial charge in [0.2, 0.25) is 17.6 Å². The van der Waals surface area contributed by atoms with Gasteiger partial charge in [-0.15, -0.1) is 0 Å². The average Bonchev–Trinajstić information content (AvgIpc) is 2.76. The van der Waals surface area contributed by atoms with Crippen LogP contribution in [0.3, 0.4) is 0 Å². The van der Waals surface area contributed by atoms with Crippen molar-refractivity contribution >= 4 is 11.8 Å². The number of rotatable bonds is 18. The Labute approximate surface area is 193 Å². The number of carbonyl (C=O) groups is 2. The molecule has 0 aliphatic rings. The number of unbranched alkanes of at least 4 members (excludes halogenated alkanes) is 3. The van der Waals surface area contributed by atoms with Gasteiger partial charge in [0.25, 0.3) is 0 Å². The summed E-state index contributed by atoms with van der Waals surface area (Å²) in [5.74, 6) is 1.87. The lowest BCUT2D eigenvalue weighted by Gasteiger charge is -2.20. The molecule has 182 valence electrons. The lowest BCUT2D eigenvalue weighted by Crippen LogP contribution is -2.30. The zero-order valence-electron chi connectivity index (χ0n) is 20.4. The number of benzene rings is 1. The highest BCUT2D eigenvalue weighted by Crippen LogP contribution is 2.41. The van der Waals surface area contributed by atoms with Crippen LogP contribution >= 0.6 is 0 Å². The zero-order valence-corrected chi connectivity index (χ0v) is 20.4. The summed E-state index contributed by atoms with van der Waals surface area (Å²) < 4.78 is 18.3. The highest BCUT2D eigenvalue weighted by molar-refractivity contribution is 5.77. The third-order valence-corrected chi connectivity index (χ3v) is 4.84. The van der Waals surface area contributed by atoms with E-state index in [0.717, 1.165) is 49.8 Å². The molecule has 0 saturated heterocycles. The topological polar surface area (TPSA) is 85.9 Å². The van der Waals surface area contributed by atoms with Crippen LogP contribution in [0.2, 0.25) is 0 Å². The van der Waals surface area contributed by atoms with Crippen molar-refractivity contribution in [3.05, 3.63) is 17.7 Å². The molecule has 0 unspecified atom stereocenters. The van der Waals surface area contributed by atoms with E-state index < -0.39 is 0 Å². The molecule has 0 radical (unpaired) electrons. The quantitative estimate of drug-likeness (QED) is 0.324. The van der Waals surface area contributed by atoms with E-state index >= 15 is 0 Å². The van der Waals surface area contributed by atoms with Gasteiger partial charge in [0.05, 0.1) is 19.8 Å². The second-order valence-electron chi connectivity index (χ2n) is 7.82. The van der Waals surface area contributed by atoms with Gasteiger partial charge in [-0.25, -0.2) is 0 Å². The van der Waals surface area contributed by atoms with E-state index in [4.69, 9.17) is 14.2 Å². The van der Waals surface area contributed by atoms with Crippen LogP contribution < -0.4 is 24.8 Å². The van der Waals surface area contributed by atoms with Crippen LogP contribution in [-0.2, 0) is 16.0 Å². The summed E-state index contributed by atoms with van der Waals surface area (Å²) in [6.07, 6.45) is 6.91. The molecule has 0 aliphatic heterocycles. The van der Waals surface area contributed by atoms with E-state index in [1.165, 1.54) is 6.92 Å². The molecule has 32 heavy (non-hydrogen) atoms. The maximum absolute atomic E-state index is 12.0. The third-order valence-electron chi connectivity index (χ3n) is 4.84. The second kappa shape index (κ2) is 17.2. The van der Waals surface area contributed by atoms with Gasteiger partial charge in [-0.1, -0.05) is 46.1 Å². The molecular weight excluding hydrogens is 408 g/mol. The first-order valence-corrected chi connectivity index (χ1v) is 12.1. The van der Waals surface area contributed by atoms with Gasteiger partial charge in [0.15, 0.2) is 11.5 Å². The second-order valence-corrected chi connectivity index (χ2v) is 7.82. The van der Waals surface area contributed by atoms with Crippen LogP contribution in [0.1, 0.15) is 78.2 Å². The third kappa shape index (κ3) is 11.3. The van der Waals surface area contributed by atoms with Crippen LogP contribution in [0.4, 0.5) is 0 Å². The number of hydrogen-bond acceptors (Lipinski definition) is 5. The number of amides is 2. The monoisotopic (exact) mass is 450 g/mol. The number of nitrogens with one attached hydrogen (secondary N) is 2. The number of ether oxygens (including phenoxy) is 3. The van der Waals surface area contributed by atoms with E-state index in [1.54, 1.807) is 0 Å². The molecule has 0 atom stereocenters. The molecule has 7 nitrogen and oxygen atoms in total. The predicted octanol–water partition coefficient (Wildman–Crippen LogP) is 4.41. The molecule has 1 aromatic carbocycles. The maximum Gasteiger partial charge on any atom is 0.221 e. The lowest BCUT2D eigenvalue weighted by molar-refractivity contribution is -0.121. The van der Waals surface area contributed by atoms with E-state index in [9.17, 15) is 9.59 Å². The molecule has 2 N–H and O–H groups in total. The summed E-state index contributed by atoms with van der Waals surface area (Å²) in [7, 11) is 0. The van der Waals surface area contributed by atoms with Crippen molar-refractivity contribution in [3.8, 4) is 17.2 Å². The van der Waals surface area contributed by atoms with E-state index in [0.29, 0.717) is 50.8 Å². The Hall–Kier alpha value is -2.44. The summed E-state index contributed by atoms with van der Waals surface area (Å²) in [5, 5.41) is 5.54. The van der Waals surface area contributed by atoms with E-state index in [2.05, 4.69) is 31.4 Å². The molecule has 2 amide bonds. The van der Waals surface area contributed by atoms with Gasteiger partial charge in [0, 0.05) is 32.0 Å². The molecule has 0 saturated carbocycles. The minimum absolute atomic E-state index is 0.0915. The van der Waals surface area contributed by atoms with Crippen molar-refractivity contribution < 1.29 is 23.8 Å². The Morgan fingerprint density at radius 1 is 0.781 bits per heavy atom. The van der Waals surface area contributed by atoms with Crippen molar-refractivity contribution in [1.82, 2.24) is 10.6 Å². The van der Waals surface area contributed by atoms with Crippen molar-refractivity contribution in [2.24, 2.45) is 0 Å². The van der Waals surface area contributed by atoms with E-state index in [-0.39, 0.29) is 18.2 Å². The Morgan fingerprint density at radius 2 is 1.38 bits per heavy atom. The summed E-state index contributed by atoms with van der Waals surface area (Å²) in [4.78, 5) is 22.9. The summed E-state index contributed by atoms with van der Waals surface area (Å²) >= 11 is 0. The van der Waals surface area contributed by atoms with Gasteiger partial charge >= 0.3 is 0 Å². The molecular formula is C25H42N2O5. The Balaban J connectivity index is 2.91. The SMILES string of the molecule is CCCCOc1ccc(CCNC(=O)CCNC(C)=O)c(OCCCC)c1OCCCC. The normalized spacial score (nSPS) is 10.5. The first kappa shape index (κ1) is 27.6. The summed E-state index contributed by atoms with van der Waals surface area (Å²) in [6.45, 7) is 10.5. The molecule has 1 aromatic rings. The fourth-order valence-corrected chi connectivity index (χ4v) is 2.93.